The molecule has 1 heterocycles. The zero-order chi connectivity index (χ0) is 14.0. The number of aliphatic hydroxyl groups excluding tert-OH is 1. The van der Waals surface area contributed by atoms with Crippen molar-refractivity contribution in [2.24, 2.45) is 0 Å². The van der Waals surface area contributed by atoms with Crippen molar-refractivity contribution in [2.75, 3.05) is 12.4 Å². The van der Waals surface area contributed by atoms with E-state index in [1.165, 1.54) is 11.8 Å². The maximum absolute atomic E-state index is 14.2. The molecule has 2 rings (SSSR count). The van der Waals surface area contributed by atoms with Crippen LogP contribution in [0.1, 0.15) is 30.6 Å². The number of fused-ring (bicyclic) bond motifs is 1. The highest BCUT2D eigenvalue weighted by Crippen LogP contribution is 2.40. The molecule has 19 heavy (non-hydrogen) atoms. The van der Waals surface area contributed by atoms with Gasteiger partial charge in [-0.25, -0.2) is 4.39 Å². The van der Waals surface area contributed by atoms with Crippen LogP contribution in [0.3, 0.4) is 0 Å². The number of benzene rings is 1. The van der Waals surface area contributed by atoms with Crippen LogP contribution in [0.25, 0.3) is 0 Å². The number of ether oxygens (including phenoxy) is 1. The molecule has 0 aliphatic carbocycles. The second-order valence-corrected chi connectivity index (χ2v) is 5.74. The number of thioether (sulfide) groups is 1. The zero-order valence-corrected chi connectivity index (χ0v) is 12.1. The maximum atomic E-state index is 14.2. The molecule has 2 N–H and O–H groups in total. The first-order chi connectivity index (χ1) is 9.06. The third-order valence-electron chi connectivity index (χ3n) is 2.94. The van der Waals surface area contributed by atoms with Crippen molar-refractivity contribution in [1.29, 1.82) is 5.41 Å². The molecule has 1 aliphatic heterocycles. The van der Waals surface area contributed by atoms with E-state index in [4.69, 9.17) is 21.7 Å². The van der Waals surface area contributed by atoms with Gasteiger partial charge in [0, 0.05) is 10.5 Å². The lowest BCUT2D eigenvalue weighted by atomic mass is 10.0. The number of aryl methyl sites for hydroxylation is 1. The number of halogens is 2. The van der Waals surface area contributed by atoms with Crippen molar-refractivity contribution in [2.45, 2.75) is 30.8 Å². The molecule has 0 spiro atoms. The minimum Gasteiger partial charge on any atom is -0.479 e. The van der Waals surface area contributed by atoms with E-state index in [1.54, 1.807) is 13.0 Å². The van der Waals surface area contributed by atoms with Gasteiger partial charge in [-0.2, -0.15) is 0 Å². The third-order valence-corrected chi connectivity index (χ3v) is 4.48. The SMILES string of the molecule is CCOC(=N)C(O)c1c(F)c(Cl)cc2c1SCCC2. The molecule has 1 atom stereocenters. The van der Waals surface area contributed by atoms with Crippen LogP contribution in [-0.2, 0) is 11.2 Å². The van der Waals surface area contributed by atoms with Gasteiger partial charge >= 0.3 is 0 Å². The van der Waals surface area contributed by atoms with Crippen molar-refractivity contribution in [3.05, 3.63) is 28.0 Å². The summed E-state index contributed by atoms with van der Waals surface area (Å²) in [6, 6.07) is 1.61. The van der Waals surface area contributed by atoms with Crippen LogP contribution in [0.2, 0.25) is 5.02 Å². The summed E-state index contributed by atoms with van der Waals surface area (Å²) in [5.41, 5.74) is 1.01. The summed E-state index contributed by atoms with van der Waals surface area (Å²) >= 11 is 7.36. The first-order valence-corrected chi connectivity index (χ1v) is 7.45. The van der Waals surface area contributed by atoms with E-state index in [2.05, 4.69) is 0 Å². The molecule has 1 aromatic carbocycles. The average molecular weight is 304 g/mol. The van der Waals surface area contributed by atoms with Gasteiger partial charge in [0.15, 0.2) is 6.10 Å². The van der Waals surface area contributed by atoms with Gasteiger partial charge in [0.25, 0.3) is 0 Å². The van der Waals surface area contributed by atoms with Crippen molar-refractivity contribution in [3.8, 4) is 0 Å². The van der Waals surface area contributed by atoms with Gasteiger partial charge in [-0.15, -0.1) is 11.8 Å². The summed E-state index contributed by atoms with van der Waals surface area (Å²) in [5, 5.41) is 17.7. The molecule has 1 unspecified atom stereocenters. The molecule has 0 fully saturated rings. The van der Waals surface area contributed by atoms with E-state index in [9.17, 15) is 9.50 Å². The first kappa shape index (κ1) is 14.6. The molecule has 6 heteroatoms. The number of hydrogen-bond acceptors (Lipinski definition) is 4. The number of aliphatic hydroxyl groups is 1. The fraction of sp³-hybridized carbons (Fsp3) is 0.462. The fourth-order valence-electron chi connectivity index (χ4n) is 2.09. The highest BCUT2D eigenvalue weighted by atomic mass is 35.5. The topological polar surface area (TPSA) is 53.3 Å². The fourth-order valence-corrected chi connectivity index (χ4v) is 3.52. The minimum atomic E-state index is -1.40. The molecule has 104 valence electrons. The highest BCUT2D eigenvalue weighted by Gasteiger charge is 2.28. The third kappa shape index (κ3) is 2.88. The molecule has 1 aliphatic rings. The molecular formula is C13H15ClFNO2S. The lowest BCUT2D eigenvalue weighted by molar-refractivity contribution is 0.184. The molecular weight excluding hydrogens is 289 g/mol. The lowest BCUT2D eigenvalue weighted by Gasteiger charge is -2.23. The lowest BCUT2D eigenvalue weighted by Crippen LogP contribution is -2.18. The Labute approximate surface area is 120 Å². The van der Waals surface area contributed by atoms with E-state index in [1.807, 2.05) is 0 Å². The number of rotatable bonds is 3. The van der Waals surface area contributed by atoms with Crippen molar-refractivity contribution < 1.29 is 14.2 Å². The minimum absolute atomic E-state index is 0.0143. The Kier molecular flexibility index (Phi) is 4.71. The summed E-state index contributed by atoms with van der Waals surface area (Å²) in [5.74, 6) is -0.140. The van der Waals surface area contributed by atoms with Gasteiger partial charge in [-0.1, -0.05) is 11.6 Å². The number of hydrogen-bond donors (Lipinski definition) is 2. The summed E-state index contributed by atoms with van der Waals surface area (Å²) < 4.78 is 19.1. The smallest absolute Gasteiger partial charge is 0.215 e. The summed E-state index contributed by atoms with van der Waals surface area (Å²) in [6.07, 6.45) is 0.403. The van der Waals surface area contributed by atoms with Crippen LogP contribution in [-0.4, -0.2) is 23.4 Å². The van der Waals surface area contributed by atoms with E-state index in [0.29, 0.717) is 4.90 Å². The highest BCUT2D eigenvalue weighted by molar-refractivity contribution is 7.99. The Hall–Kier alpha value is -0.780. The Bertz CT molecular complexity index is 510. The first-order valence-electron chi connectivity index (χ1n) is 6.09. The van der Waals surface area contributed by atoms with Gasteiger partial charge in [0.1, 0.15) is 5.82 Å². The zero-order valence-electron chi connectivity index (χ0n) is 10.5. The van der Waals surface area contributed by atoms with Crippen LogP contribution in [0, 0.1) is 11.2 Å². The Morgan fingerprint density at radius 2 is 2.42 bits per heavy atom. The molecule has 3 nitrogen and oxygen atoms in total. The van der Waals surface area contributed by atoms with Crippen molar-refractivity contribution >= 4 is 29.3 Å². The second kappa shape index (κ2) is 6.11. The number of nitrogens with one attached hydrogen (secondary N) is 1. The van der Waals surface area contributed by atoms with Crippen LogP contribution in [0.4, 0.5) is 4.39 Å². The summed E-state index contributed by atoms with van der Waals surface area (Å²) in [6.45, 7) is 1.97. The van der Waals surface area contributed by atoms with E-state index < -0.39 is 11.9 Å². The van der Waals surface area contributed by atoms with Crippen LogP contribution < -0.4 is 0 Å². The molecule has 0 amide bonds. The average Bonchev–Trinajstić information content (AvgIpc) is 2.40. The van der Waals surface area contributed by atoms with Gasteiger partial charge in [0.05, 0.1) is 11.6 Å². The quantitative estimate of drug-likeness (QED) is 0.663. The predicted octanol–water partition coefficient (Wildman–Crippen LogP) is 3.56. The Morgan fingerprint density at radius 1 is 1.68 bits per heavy atom. The van der Waals surface area contributed by atoms with Gasteiger partial charge in [-0.05, 0) is 37.1 Å². The summed E-state index contributed by atoms with van der Waals surface area (Å²) in [4.78, 5) is 0.699. The van der Waals surface area contributed by atoms with Crippen molar-refractivity contribution in [1.82, 2.24) is 0 Å². The van der Waals surface area contributed by atoms with Crippen LogP contribution in [0.5, 0.6) is 0 Å². The van der Waals surface area contributed by atoms with Gasteiger partial charge < -0.3 is 9.84 Å². The van der Waals surface area contributed by atoms with Crippen molar-refractivity contribution in [3.63, 3.8) is 0 Å². The molecule has 0 saturated carbocycles. The van der Waals surface area contributed by atoms with E-state index in [0.717, 1.165) is 24.2 Å². The standard InChI is InChI=1S/C13H15ClFNO2S/c1-2-18-13(16)11(17)9-10(15)8(14)6-7-4-3-5-19-12(7)9/h6,11,16-17H,2-5H2,1H3. The summed E-state index contributed by atoms with van der Waals surface area (Å²) in [7, 11) is 0. The van der Waals surface area contributed by atoms with Gasteiger partial charge in [0.2, 0.25) is 5.90 Å². The molecule has 1 aromatic rings. The molecule has 0 saturated heterocycles. The molecule has 0 aromatic heterocycles. The second-order valence-electron chi connectivity index (χ2n) is 4.23. The van der Waals surface area contributed by atoms with Gasteiger partial charge in [-0.3, -0.25) is 5.41 Å². The molecule has 0 bridgehead atoms. The predicted molar refractivity (Wildman–Crippen MR) is 74.8 cm³/mol. The largest absolute Gasteiger partial charge is 0.479 e. The van der Waals surface area contributed by atoms with E-state index >= 15 is 0 Å². The Balaban J connectivity index is 2.48. The van der Waals surface area contributed by atoms with Crippen LogP contribution in [0.15, 0.2) is 11.0 Å². The van der Waals surface area contributed by atoms with Crippen LogP contribution >= 0.6 is 23.4 Å². The Morgan fingerprint density at radius 3 is 3.11 bits per heavy atom. The molecule has 0 radical (unpaired) electrons. The monoisotopic (exact) mass is 303 g/mol. The van der Waals surface area contributed by atoms with E-state index in [-0.39, 0.29) is 23.1 Å². The normalized spacial score (nSPS) is 15.8. The maximum Gasteiger partial charge on any atom is 0.215 e.